The van der Waals surface area contributed by atoms with Gasteiger partial charge in [-0.15, -0.1) is 5.73 Å². The predicted molar refractivity (Wildman–Crippen MR) is 109 cm³/mol. The molecule has 2 aromatic rings. The molecular weight excluding hydrogens is 336 g/mol. The maximum Gasteiger partial charge on any atom is 0.253 e. The number of aryl methyl sites for hydroxylation is 2. The average molecular weight is 360 g/mol. The highest BCUT2D eigenvalue weighted by Crippen LogP contribution is 2.23. The molecule has 27 heavy (non-hydrogen) atoms. The summed E-state index contributed by atoms with van der Waals surface area (Å²) in [5, 5.41) is 6.10. The fourth-order valence-electron chi connectivity index (χ4n) is 2.88. The van der Waals surface area contributed by atoms with Gasteiger partial charge < -0.3 is 15.2 Å². The molecule has 1 aromatic carbocycles. The second-order valence-electron chi connectivity index (χ2n) is 6.43. The van der Waals surface area contributed by atoms with Crippen molar-refractivity contribution in [3.05, 3.63) is 83.5 Å². The number of carbonyl (C=O) groups excluding carboxylic acids is 1. The third-order valence-corrected chi connectivity index (χ3v) is 4.40. The molecule has 0 bridgehead atoms. The number of carbonyl (C=O) groups is 1. The van der Waals surface area contributed by atoms with E-state index in [1.54, 1.807) is 12.3 Å². The number of nitrogens with one attached hydrogen (secondary N) is 2. The van der Waals surface area contributed by atoms with Gasteiger partial charge in [0.05, 0.1) is 23.5 Å². The summed E-state index contributed by atoms with van der Waals surface area (Å²) in [6.45, 7) is 6.16. The van der Waals surface area contributed by atoms with Crippen LogP contribution in [-0.2, 0) is 13.5 Å². The van der Waals surface area contributed by atoms with Crippen molar-refractivity contribution in [2.24, 2.45) is 12.0 Å². The molecule has 0 atom stereocenters. The number of amidine groups is 1. The monoisotopic (exact) mass is 360 g/mol. The SMILES string of the molecule is C=C=C(CNC(=O)c1ccn(C)c1)NC1=NC(c2cccc(CC)c2)=CC1. The minimum absolute atomic E-state index is 0.131. The van der Waals surface area contributed by atoms with E-state index in [-0.39, 0.29) is 5.91 Å². The number of aliphatic imine (C=N–C) groups is 1. The quantitative estimate of drug-likeness (QED) is 0.776. The molecule has 0 aliphatic carbocycles. The molecule has 1 aliphatic rings. The molecule has 1 aromatic heterocycles. The van der Waals surface area contributed by atoms with E-state index < -0.39 is 0 Å². The van der Waals surface area contributed by atoms with Crippen LogP contribution in [0.3, 0.4) is 0 Å². The van der Waals surface area contributed by atoms with Gasteiger partial charge in [-0.05, 0) is 24.1 Å². The number of benzene rings is 1. The number of rotatable bonds is 6. The van der Waals surface area contributed by atoms with E-state index in [0.29, 0.717) is 24.2 Å². The third kappa shape index (κ3) is 4.66. The Labute approximate surface area is 159 Å². The fraction of sp³-hybridized carbons (Fsp3) is 0.227. The van der Waals surface area contributed by atoms with E-state index in [9.17, 15) is 4.79 Å². The Hall–Kier alpha value is -3.30. The van der Waals surface area contributed by atoms with Gasteiger partial charge in [0.25, 0.3) is 5.91 Å². The molecule has 2 heterocycles. The summed E-state index contributed by atoms with van der Waals surface area (Å²) < 4.78 is 1.84. The molecule has 3 rings (SSSR count). The minimum atomic E-state index is -0.131. The Morgan fingerprint density at radius 1 is 1.37 bits per heavy atom. The van der Waals surface area contributed by atoms with Crippen molar-refractivity contribution >= 4 is 17.4 Å². The molecule has 0 unspecified atom stereocenters. The number of aromatic nitrogens is 1. The van der Waals surface area contributed by atoms with Gasteiger partial charge in [-0.1, -0.05) is 37.8 Å². The smallest absolute Gasteiger partial charge is 0.253 e. The molecule has 0 spiro atoms. The molecule has 5 heteroatoms. The highest BCUT2D eigenvalue weighted by molar-refractivity contribution is 5.96. The lowest BCUT2D eigenvalue weighted by Gasteiger charge is -2.09. The first-order valence-corrected chi connectivity index (χ1v) is 9.02. The number of nitrogens with zero attached hydrogens (tertiary/aromatic N) is 2. The van der Waals surface area contributed by atoms with E-state index >= 15 is 0 Å². The van der Waals surface area contributed by atoms with Gasteiger partial charge in [-0.25, -0.2) is 4.99 Å². The Balaban J connectivity index is 1.59. The van der Waals surface area contributed by atoms with Crippen LogP contribution in [0.1, 0.15) is 34.8 Å². The van der Waals surface area contributed by atoms with E-state index in [0.717, 1.165) is 23.5 Å². The van der Waals surface area contributed by atoms with Gasteiger partial charge in [-0.2, -0.15) is 0 Å². The van der Waals surface area contributed by atoms with Gasteiger partial charge in [0.1, 0.15) is 5.84 Å². The Morgan fingerprint density at radius 2 is 2.22 bits per heavy atom. The summed E-state index contributed by atoms with van der Waals surface area (Å²) in [5.74, 6) is 0.695. The second-order valence-corrected chi connectivity index (χ2v) is 6.43. The van der Waals surface area contributed by atoms with Crippen molar-refractivity contribution in [3.63, 3.8) is 0 Å². The lowest BCUT2D eigenvalue weighted by molar-refractivity contribution is 0.0956. The molecule has 2 N–H and O–H groups in total. The van der Waals surface area contributed by atoms with Gasteiger partial charge in [0.2, 0.25) is 0 Å². The molecule has 1 amide bonds. The van der Waals surface area contributed by atoms with Crippen LogP contribution in [-0.4, -0.2) is 22.9 Å². The molecule has 138 valence electrons. The molecule has 0 radical (unpaired) electrons. The Kier molecular flexibility index (Phi) is 5.74. The van der Waals surface area contributed by atoms with E-state index in [1.807, 2.05) is 17.8 Å². The van der Waals surface area contributed by atoms with E-state index in [1.165, 1.54) is 5.56 Å². The van der Waals surface area contributed by atoms with Crippen LogP contribution < -0.4 is 10.6 Å². The molecule has 0 saturated heterocycles. The largest absolute Gasteiger partial charge is 0.356 e. The van der Waals surface area contributed by atoms with Crippen LogP contribution in [0.25, 0.3) is 5.70 Å². The van der Waals surface area contributed by atoms with Crippen molar-refractivity contribution in [2.45, 2.75) is 19.8 Å². The maximum atomic E-state index is 12.2. The normalized spacial score (nSPS) is 12.8. The van der Waals surface area contributed by atoms with Gasteiger partial charge in [-0.3, -0.25) is 4.79 Å². The average Bonchev–Trinajstić information content (AvgIpc) is 3.34. The van der Waals surface area contributed by atoms with Crippen molar-refractivity contribution < 1.29 is 4.79 Å². The maximum absolute atomic E-state index is 12.2. The number of hydrogen-bond donors (Lipinski definition) is 2. The predicted octanol–water partition coefficient (Wildman–Crippen LogP) is 3.42. The van der Waals surface area contributed by atoms with Crippen LogP contribution in [0.4, 0.5) is 0 Å². The standard InChI is InChI=1S/C22H24N4O/c1-4-16-7-6-8-17(13-16)20-9-10-21(25-20)24-19(5-2)14-23-22(27)18-11-12-26(3)15-18/h6-9,11-13,15H,2,4,10,14H2,1,3H3,(H,23,27)(H,24,25). The van der Waals surface area contributed by atoms with Crippen LogP contribution >= 0.6 is 0 Å². The zero-order valence-electron chi connectivity index (χ0n) is 15.7. The first kappa shape index (κ1) is 18.5. The van der Waals surface area contributed by atoms with Crippen molar-refractivity contribution in [1.29, 1.82) is 0 Å². The zero-order valence-corrected chi connectivity index (χ0v) is 15.7. The highest BCUT2D eigenvalue weighted by atomic mass is 16.1. The summed E-state index contributed by atoms with van der Waals surface area (Å²) in [5.41, 5.74) is 7.53. The van der Waals surface area contributed by atoms with Gasteiger partial charge >= 0.3 is 0 Å². The molecular formula is C22H24N4O. The highest BCUT2D eigenvalue weighted by Gasteiger charge is 2.13. The van der Waals surface area contributed by atoms with E-state index in [2.05, 4.69) is 65.2 Å². The zero-order chi connectivity index (χ0) is 19.2. The van der Waals surface area contributed by atoms with E-state index in [4.69, 9.17) is 0 Å². The third-order valence-electron chi connectivity index (χ3n) is 4.40. The fourth-order valence-corrected chi connectivity index (χ4v) is 2.88. The van der Waals surface area contributed by atoms with Crippen LogP contribution in [0.2, 0.25) is 0 Å². The van der Waals surface area contributed by atoms with Gasteiger partial charge in [0.15, 0.2) is 0 Å². The number of hydrogen-bond acceptors (Lipinski definition) is 3. The summed E-state index contributed by atoms with van der Waals surface area (Å²) in [4.78, 5) is 16.8. The second kappa shape index (κ2) is 8.39. The lowest BCUT2D eigenvalue weighted by atomic mass is 10.1. The number of amides is 1. The topological polar surface area (TPSA) is 58.4 Å². The molecule has 1 aliphatic heterocycles. The van der Waals surface area contributed by atoms with Crippen molar-refractivity contribution in [1.82, 2.24) is 15.2 Å². The summed E-state index contributed by atoms with van der Waals surface area (Å²) in [6.07, 6.45) is 7.43. The van der Waals surface area contributed by atoms with Crippen molar-refractivity contribution in [3.8, 4) is 0 Å². The lowest BCUT2D eigenvalue weighted by Crippen LogP contribution is -2.32. The van der Waals surface area contributed by atoms with Crippen molar-refractivity contribution in [2.75, 3.05) is 6.54 Å². The Bertz CT molecular complexity index is 958. The Morgan fingerprint density at radius 3 is 2.93 bits per heavy atom. The minimum Gasteiger partial charge on any atom is -0.356 e. The first-order chi connectivity index (χ1) is 13.1. The van der Waals surface area contributed by atoms with Crippen LogP contribution in [0.15, 0.2) is 71.8 Å². The summed E-state index contributed by atoms with van der Waals surface area (Å²) in [7, 11) is 1.88. The first-order valence-electron chi connectivity index (χ1n) is 9.02. The molecule has 5 nitrogen and oxygen atoms in total. The summed E-state index contributed by atoms with van der Waals surface area (Å²) >= 11 is 0. The van der Waals surface area contributed by atoms with Gasteiger partial charge in [0, 0.05) is 31.4 Å². The molecule has 0 fully saturated rings. The van der Waals surface area contributed by atoms with Crippen LogP contribution in [0.5, 0.6) is 0 Å². The molecule has 0 saturated carbocycles. The van der Waals surface area contributed by atoms with Crippen LogP contribution in [0, 0.1) is 0 Å². The summed E-state index contributed by atoms with van der Waals surface area (Å²) in [6, 6.07) is 10.2.